The lowest BCUT2D eigenvalue weighted by Crippen LogP contribution is -2.22. The third kappa shape index (κ3) is 3.43. The molecule has 0 fully saturated rings. The molecule has 0 aliphatic rings. The average Bonchev–Trinajstić information content (AvgIpc) is 3.06. The summed E-state index contributed by atoms with van der Waals surface area (Å²) in [6, 6.07) is 14.6. The number of hydrogen-bond acceptors (Lipinski definition) is 5. The van der Waals surface area contributed by atoms with Crippen LogP contribution < -0.4 is 10.1 Å². The van der Waals surface area contributed by atoms with Crippen molar-refractivity contribution in [1.29, 1.82) is 0 Å². The van der Waals surface area contributed by atoms with Crippen LogP contribution in [0.25, 0.3) is 11.5 Å². The smallest absolute Gasteiger partial charge is 0.251 e. The molecule has 0 bridgehead atoms. The maximum Gasteiger partial charge on any atom is 0.251 e. The predicted molar refractivity (Wildman–Crippen MR) is 88.6 cm³/mol. The van der Waals surface area contributed by atoms with Gasteiger partial charge in [0.05, 0.1) is 7.11 Å². The van der Waals surface area contributed by atoms with Gasteiger partial charge in [-0.1, -0.05) is 18.2 Å². The first-order chi connectivity index (χ1) is 11.7. The Morgan fingerprint density at radius 1 is 1.12 bits per heavy atom. The van der Waals surface area contributed by atoms with Crippen LogP contribution in [-0.2, 0) is 6.54 Å². The number of hydrogen-bond donors (Lipinski definition) is 1. The highest BCUT2D eigenvalue weighted by Crippen LogP contribution is 2.19. The largest absolute Gasteiger partial charge is 0.496 e. The standard InChI is InChI=1S/C18H17N3O3/c1-12-20-21-18(24-12)14-9-7-13(8-10-14)17(22)19-11-15-5-3-4-6-16(15)23-2/h3-10H,11H2,1-2H3,(H,19,22). The first-order valence-electron chi connectivity index (χ1n) is 7.48. The molecule has 1 amide bonds. The van der Waals surface area contributed by atoms with Gasteiger partial charge in [-0.05, 0) is 30.3 Å². The Morgan fingerprint density at radius 2 is 1.88 bits per heavy atom. The van der Waals surface area contributed by atoms with Crippen molar-refractivity contribution in [3.63, 3.8) is 0 Å². The molecular formula is C18H17N3O3. The van der Waals surface area contributed by atoms with Crippen LogP contribution in [0.15, 0.2) is 52.9 Å². The first kappa shape index (κ1) is 15.7. The van der Waals surface area contributed by atoms with Crippen LogP contribution in [0.4, 0.5) is 0 Å². The molecule has 0 saturated carbocycles. The summed E-state index contributed by atoms with van der Waals surface area (Å²) in [4.78, 5) is 12.3. The van der Waals surface area contributed by atoms with Gasteiger partial charge in [0, 0.05) is 30.2 Å². The minimum absolute atomic E-state index is 0.158. The Kier molecular flexibility index (Phi) is 4.56. The lowest BCUT2D eigenvalue weighted by Gasteiger charge is -2.09. The van der Waals surface area contributed by atoms with Crippen LogP contribution >= 0.6 is 0 Å². The number of amides is 1. The summed E-state index contributed by atoms with van der Waals surface area (Å²) in [5, 5.41) is 10.6. The van der Waals surface area contributed by atoms with Gasteiger partial charge in [-0.25, -0.2) is 0 Å². The third-order valence-electron chi connectivity index (χ3n) is 3.55. The molecule has 3 rings (SSSR count). The summed E-state index contributed by atoms with van der Waals surface area (Å²) in [5.41, 5.74) is 2.26. The topological polar surface area (TPSA) is 77.2 Å². The van der Waals surface area contributed by atoms with Gasteiger partial charge < -0.3 is 14.5 Å². The summed E-state index contributed by atoms with van der Waals surface area (Å²) in [5.74, 6) is 1.53. The summed E-state index contributed by atoms with van der Waals surface area (Å²) in [6.45, 7) is 2.13. The van der Waals surface area contributed by atoms with Crippen molar-refractivity contribution in [2.45, 2.75) is 13.5 Å². The number of carbonyl (C=O) groups excluding carboxylic acids is 1. The Balaban J connectivity index is 1.67. The molecular weight excluding hydrogens is 306 g/mol. The molecule has 3 aromatic rings. The molecule has 24 heavy (non-hydrogen) atoms. The molecule has 0 atom stereocenters. The van der Waals surface area contributed by atoms with Crippen molar-refractivity contribution in [2.24, 2.45) is 0 Å². The molecule has 2 aromatic carbocycles. The van der Waals surface area contributed by atoms with Crippen molar-refractivity contribution >= 4 is 5.91 Å². The van der Waals surface area contributed by atoms with Gasteiger partial charge in [0.15, 0.2) is 0 Å². The third-order valence-corrected chi connectivity index (χ3v) is 3.55. The fraction of sp³-hybridized carbons (Fsp3) is 0.167. The number of aryl methyl sites for hydroxylation is 1. The maximum absolute atomic E-state index is 12.3. The molecule has 0 unspecified atom stereocenters. The number of ether oxygens (including phenoxy) is 1. The number of nitrogens with zero attached hydrogens (tertiary/aromatic N) is 2. The zero-order chi connectivity index (χ0) is 16.9. The number of carbonyl (C=O) groups is 1. The molecule has 0 spiro atoms. The monoisotopic (exact) mass is 323 g/mol. The number of nitrogens with one attached hydrogen (secondary N) is 1. The quantitative estimate of drug-likeness (QED) is 0.781. The van der Waals surface area contributed by atoms with Gasteiger partial charge in [-0.2, -0.15) is 0 Å². The first-order valence-corrected chi connectivity index (χ1v) is 7.48. The van der Waals surface area contributed by atoms with Crippen molar-refractivity contribution in [3.05, 3.63) is 65.5 Å². The summed E-state index contributed by atoms with van der Waals surface area (Å²) in [7, 11) is 1.61. The van der Waals surface area contributed by atoms with Crippen LogP contribution in [0.5, 0.6) is 5.75 Å². The second kappa shape index (κ2) is 6.95. The van der Waals surface area contributed by atoms with E-state index in [-0.39, 0.29) is 5.91 Å². The number of para-hydroxylation sites is 1. The van der Waals surface area contributed by atoms with Crippen molar-refractivity contribution < 1.29 is 13.9 Å². The van der Waals surface area contributed by atoms with Crippen LogP contribution in [0, 0.1) is 6.92 Å². The molecule has 6 heteroatoms. The minimum atomic E-state index is -0.158. The Morgan fingerprint density at radius 3 is 2.54 bits per heavy atom. The van der Waals surface area contributed by atoms with E-state index in [2.05, 4.69) is 15.5 Å². The second-order valence-electron chi connectivity index (χ2n) is 5.20. The number of benzene rings is 2. The second-order valence-corrected chi connectivity index (χ2v) is 5.20. The minimum Gasteiger partial charge on any atom is -0.496 e. The lowest BCUT2D eigenvalue weighted by atomic mass is 10.1. The van der Waals surface area contributed by atoms with Gasteiger partial charge >= 0.3 is 0 Å². The normalized spacial score (nSPS) is 10.4. The van der Waals surface area contributed by atoms with E-state index in [0.29, 0.717) is 23.9 Å². The van der Waals surface area contributed by atoms with E-state index in [1.54, 1.807) is 38.3 Å². The predicted octanol–water partition coefficient (Wildman–Crippen LogP) is 2.98. The van der Waals surface area contributed by atoms with E-state index in [4.69, 9.17) is 9.15 Å². The summed E-state index contributed by atoms with van der Waals surface area (Å²) >= 11 is 0. The Hall–Kier alpha value is -3.15. The molecule has 1 aromatic heterocycles. The van der Waals surface area contributed by atoms with Crippen LogP contribution in [0.2, 0.25) is 0 Å². The Bertz CT molecular complexity index is 841. The molecule has 0 saturated heterocycles. The highest BCUT2D eigenvalue weighted by atomic mass is 16.5. The van der Waals surface area contributed by atoms with E-state index in [0.717, 1.165) is 16.9 Å². The molecule has 1 N–H and O–H groups in total. The molecule has 0 aliphatic heterocycles. The van der Waals surface area contributed by atoms with Gasteiger partial charge in [0.25, 0.3) is 5.91 Å². The highest BCUT2D eigenvalue weighted by Gasteiger charge is 2.10. The number of methoxy groups -OCH3 is 1. The highest BCUT2D eigenvalue weighted by molar-refractivity contribution is 5.94. The SMILES string of the molecule is COc1ccccc1CNC(=O)c1ccc(-c2nnc(C)o2)cc1. The van der Waals surface area contributed by atoms with Crippen LogP contribution in [-0.4, -0.2) is 23.2 Å². The van der Waals surface area contributed by atoms with Crippen molar-refractivity contribution in [3.8, 4) is 17.2 Å². The molecule has 0 aliphatic carbocycles. The van der Waals surface area contributed by atoms with E-state index < -0.39 is 0 Å². The van der Waals surface area contributed by atoms with E-state index in [9.17, 15) is 4.79 Å². The maximum atomic E-state index is 12.3. The molecule has 6 nitrogen and oxygen atoms in total. The fourth-order valence-corrected chi connectivity index (χ4v) is 2.30. The van der Waals surface area contributed by atoms with E-state index in [1.165, 1.54) is 0 Å². The summed E-state index contributed by atoms with van der Waals surface area (Å²) in [6.07, 6.45) is 0. The van der Waals surface area contributed by atoms with Gasteiger partial charge in [0.1, 0.15) is 5.75 Å². The fourth-order valence-electron chi connectivity index (χ4n) is 2.30. The lowest BCUT2D eigenvalue weighted by molar-refractivity contribution is 0.0950. The van der Waals surface area contributed by atoms with Gasteiger partial charge in [0.2, 0.25) is 11.8 Å². The zero-order valence-electron chi connectivity index (χ0n) is 13.4. The number of aromatic nitrogens is 2. The Labute approximate surface area is 139 Å². The molecule has 122 valence electrons. The number of rotatable bonds is 5. The van der Waals surface area contributed by atoms with Crippen LogP contribution in [0.3, 0.4) is 0 Å². The van der Waals surface area contributed by atoms with E-state index >= 15 is 0 Å². The van der Waals surface area contributed by atoms with Gasteiger partial charge in [-0.3, -0.25) is 4.79 Å². The zero-order valence-corrected chi connectivity index (χ0v) is 13.4. The van der Waals surface area contributed by atoms with E-state index in [1.807, 2.05) is 24.3 Å². The molecule has 0 radical (unpaired) electrons. The van der Waals surface area contributed by atoms with Crippen LogP contribution in [0.1, 0.15) is 21.8 Å². The summed E-state index contributed by atoms with van der Waals surface area (Å²) < 4.78 is 10.6. The van der Waals surface area contributed by atoms with Crippen molar-refractivity contribution in [1.82, 2.24) is 15.5 Å². The molecule has 1 heterocycles. The van der Waals surface area contributed by atoms with Gasteiger partial charge in [-0.15, -0.1) is 10.2 Å². The average molecular weight is 323 g/mol. The van der Waals surface area contributed by atoms with Crippen molar-refractivity contribution in [2.75, 3.05) is 7.11 Å².